The summed E-state index contributed by atoms with van der Waals surface area (Å²) in [5, 5.41) is 14.3. The van der Waals surface area contributed by atoms with Crippen molar-refractivity contribution in [3.05, 3.63) is 48.4 Å². The number of benzene rings is 2. The summed E-state index contributed by atoms with van der Waals surface area (Å²) >= 11 is 0. The molecule has 3 N–H and O–H groups in total. The van der Waals surface area contributed by atoms with Crippen LogP contribution in [0.4, 0.5) is 4.39 Å². The molecule has 2 heterocycles. The van der Waals surface area contributed by atoms with E-state index in [1.54, 1.807) is 18.3 Å². The summed E-state index contributed by atoms with van der Waals surface area (Å²) < 4.78 is 40.2. The zero-order chi connectivity index (χ0) is 18.3. The van der Waals surface area contributed by atoms with Crippen LogP contribution in [0.3, 0.4) is 0 Å². The molecular formula is C18H18FN3O3S. The van der Waals surface area contributed by atoms with Crippen molar-refractivity contribution in [3.63, 3.8) is 0 Å². The lowest BCUT2D eigenvalue weighted by atomic mass is 10.0. The number of phenolic OH excluding ortho intramolecular Hbond substituents is 1. The maximum atomic E-state index is 13.3. The van der Waals surface area contributed by atoms with Crippen molar-refractivity contribution in [1.82, 2.24) is 14.6 Å². The minimum absolute atomic E-state index is 0.103. The van der Waals surface area contributed by atoms with Crippen LogP contribution in [0, 0.1) is 5.82 Å². The first kappa shape index (κ1) is 17.0. The van der Waals surface area contributed by atoms with Crippen LogP contribution < -0.4 is 5.32 Å². The van der Waals surface area contributed by atoms with Crippen LogP contribution >= 0.6 is 0 Å². The van der Waals surface area contributed by atoms with Gasteiger partial charge in [-0.3, -0.25) is 0 Å². The van der Waals surface area contributed by atoms with Gasteiger partial charge in [0.25, 0.3) is 0 Å². The first-order valence-corrected chi connectivity index (χ1v) is 9.72. The van der Waals surface area contributed by atoms with Crippen molar-refractivity contribution >= 4 is 20.9 Å². The standard InChI is InChI=1S/C18H18FN3O3S/c19-13-2-3-14-15(11-21-16(14)10-13)12-1-4-18(17(23)9-12)26(24,25)22-7-5-20-6-8-22/h1-4,9-11,20-21,23H,5-8H2. The van der Waals surface area contributed by atoms with Gasteiger partial charge in [-0.25, -0.2) is 12.8 Å². The first-order valence-electron chi connectivity index (χ1n) is 8.28. The fourth-order valence-corrected chi connectivity index (χ4v) is 4.77. The predicted octanol–water partition coefficient (Wildman–Crippen LogP) is 2.27. The number of hydrogen-bond donors (Lipinski definition) is 3. The number of nitrogens with zero attached hydrogens (tertiary/aromatic N) is 1. The van der Waals surface area contributed by atoms with Gasteiger partial charge in [0.05, 0.1) is 0 Å². The number of halogens is 1. The average Bonchev–Trinajstić information content (AvgIpc) is 3.05. The van der Waals surface area contributed by atoms with Gasteiger partial charge in [-0.15, -0.1) is 0 Å². The van der Waals surface area contributed by atoms with E-state index in [4.69, 9.17) is 0 Å². The lowest BCUT2D eigenvalue weighted by molar-refractivity contribution is 0.357. The van der Waals surface area contributed by atoms with Gasteiger partial charge >= 0.3 is 0 Å². The van der Waals surface area contributed by atoms with Crippen molar-refractivity contribution in [1.29, 1.82) is 0 Å². The second kappa shape index (κ2) is 6.39. The monoisotopic (exact) mass is 375 g/mol. The van der Waals surface area contributed by atoms with E-state index < -0.39 is 10.0 Å². The van der Waals surface area contributed by atoms with Gasteiger partial charge in [-0.2, -0.15) is 4.31 Å². The molecule has 136 valence electrons. The molecule has 0 unspecified atom stereocenters. The van der Waals surface area contributed by atoms with E-state index in [9.17, 15) is 17.9 Å². The van der Waals surface area contributed by atoms with Crippen molar-refractivity contribution in [2.45, 2.75) is 4.90 Å². The molecule has 0 aliphatic carbocycles. The molecule has 6 nitrogen and oxygen atoms in total. The molecule has 0 saturated carbocycles. The number of nitrogens with one attached hydrogen (secondary N) is 2. The topological polar surface area (TPSA) is 85.4 Å². The van der Waals surface area contributed by atoms with Gasteiger partial charge < -0.3 is 15.4 Å². The van der Waals surface area contributed by atoms with Crippen molar-refractivity contribution in [2.75, 3.05) is 26.2 Å². The van der Waals surface area contributed by atoms with Crippen LogP contribution in [0.15, 0.2) is 47.5 Å². The van der Waals surface area contributed by atoms with E-state index in [1.807, 2.05) is 0 Å². The molecule has 8 heteroatoms. The van der Waals surface area contributed by atoms with E-state index in [1.165, 1.54) is 28.6 Å². The van der Waals surface area contributed by atoms with Crippen LogP contribution in [-0.4, -0.2) is 49.0 Å². The van der Waals surface area contributed by atoms with Crippen molar-refractivity contribution in [2.24, 2.45) is 0 Å². The zero-order valence-electron chi connectivity index (χ0n) is 13.9. The summed E-state index contributed by atoms with van der Waals surface area (Å²) in [7, 11) is -3.74. The van der Waals surface area contributed by atoms with Gasteiger partial charge in [-0.1, -0.05) is 6.07 Å². The Hall–Kier alpha value is -2.42. The van der Waals surface area contributed by atoms with Crippen LogP contribution in [0.2, 0.25) is 0 Å². The maximum Gasteiger partial charge on any atom is 0.246 e. The molecule has 1 fully saturated rings. The molecule has 1 aromatic heterocycles. The summed E-state index contributed by atoms with van der Waals surface area (Å²) in [6.07, 6.45) is 1.71. The minimum atomic E-state index is -3.74. The highest BCUT2D eigenvalue weighted by Crippen LogP contribution is 2.34. The Labute approximate surface area is 150 Å². The number of fused-ring (bicyclic) bond motifs is 1. The molecule has 0 atom stereocenters. The van der Waals surface area contributed by atoms with Crippen LogP contribution in [-0.2, 0) is 10.0 Å². The van der Waals surface area contributed by atoms with E-state index in [0.717, 1.165) is 10.9 Å². The van der Waals surface area contributed by atoms with Crippen LogP contribution in [0.5, 0.6) is 5.75 Å². The average molecular weight is 375 g/mol. The van der Waals surface area contributed by atoms with E-state index in [-0.39, 0.29) is 16.5 Å². The third-order valence-corrected chi connectivity index (χ3v) is 6.55. The smallest absolute Gasteiger partial charge is 0.246 e. The Morgan fingerprint density at radius 1 is 1.08 bits per heavy atom. The Bertz CT molecular complexity index is 1070. The highest BCUT2D eigenvalue weighted by atomic mass is 32.2. The first-order chi connectivity index (χ1) is 12.5. The SMILES string of the molecule is O=S(=O)(c1ccc(-c2c[nH]c3cc(F)ccc23)cc1O)N1CCNCC1. The molecule has 0 bridgehead atoms. The third kappa shape index (κ3) is 2.86. The van der Waals surface area contributed by atoms with Crippen molar-refractivity contribution < 1.29 is 17.9 Å². The fraction of sp³-hybridized carbons (Fsp3) is 0.222. The molecule has 0 radical (unpaired) electrons. The normalized spacial score (nSPS) is 16.2. The summed E-state index contributed by atoms with van der Waals surface area (Å²) in [6, 6.07) is 8.91. The number of aromatic hydroxyl groups is 1. The lowest BCUT2D eigenvalue weighted by Crippen LogP contribution is -2.46. The highest BCUT2D eigenvalue weighted by Gasteiger charge is 2.28. The zero-order valence-corrected chi connectivity index (χ0v) is 14.7. The summed E-state index contributed by atoms with van der Waals surface area (Å²) in [4.78, 5) is 2.89. The summed E-state index contributed by atoms with van der Waals surface area (Å²) in [5.74, 6) is -0.635. The molecule has 3 aromatic rings. The highest BCUT2D eigenvalue weighted by molar-refractivity contribution is 7.89. The second-order valence-electron chi connectivity index (χ2n) is 6.23. The predicted molar refractivity (Wildman–Crippen MR) is 97.0 cm³/mol. The maximum absolute atomic E-state index is 13.3. The van der Waals surface area contributed by atoms with Gasteiger partial charge in [-0.05, 0) is 35.9 Å². The van der Waals surface area contributed by atoms with E-state index >= 15 is 0 Å². The molecule has 1 aliphatic heterocycles. The molecule has 1 aliphatic rings. The number of hydrogen-bond acceptors (Lipinski definition) is 4. The quantitative estimate of drug-likeness (QED) is 0.656. The molecule has 4 rings (SSSR count). The Balaban J connectivity index is 1.73. The Morgan fingerprint density at radius 3 is 2.58 bits per heavy atom. The molecule has 2 aromatic carbocycles. The lowest BCUT2D eigenvalue weighted by Gasteiger charge is -2.26. The molecule has 0 spiro atoms. The fourth-order valence-electron chi connectivity index (χ4n) is 3.26. The molecular weight excluding hydrogens is 357 g/mol. The number of piperazine rings is 1. The van der Waals surface area contributed by atoms with E-state index in [2.05, 4.69) is 10.3 Å². The Morgan fingerprint density at radius 2 is 1.85 bits per heavy atom. The largest absolute Gasteiger partial charge is 0.507 e. The molecule has 0 amide bonds. The number of rotatable bonds is 3. The molecule has 1 saturated heterocycles. The minimum Gasteiger partial charge on any atom is -0.507 e. The van der Waals surface area contributed by atoms with E-state index in [0.29, 0.717) is 37.3 Å². The van der Waals surface area contributed by atoms with Crippen molar-refractivity contribution in [3.8, 4) is 16.9 Å². The number of H-pyrrole nitrogens is 1. The number of aromatic nitrogens is 1. The number of sulfonamides is 1. The summed E-state index contributed by atoms with van der Waals surface area (Å²) in [6.45, 7) is 1.92. The van der Waals surface area contributed by atoms with Crippen LogP contribution in [0.1, 0.15) is 0 Å². The van der Waals surface area contributed by atoms with Gasteiger partial charge in [0.1, 0.15) is 16.5 Å². The third-order valence-electron chi connectivity index (χ3n) is 4.61. The molecule has 26 heavy (non-hydrogen) atoms. The van der Waals surface area contributed by atoms with Crippen LogP contribution in [0.25, 0.3) is 22.0 Å². The van der Waals surface area contributed by atoms with Gasteiger partial charge in [0.15, 0.2) is 0 Å². The Kier molecular flexibility index (Phi) is 4.18. The number of phenols is 1. The number of aromatic amines is 1. The second-order valence-corrected chi connectivity index (χ2v) is 8.14. The van der Waals surface area contributed by atoms with Gasteiger partial charge in [0, 0.05) is 48.8 Å². The summed E-state index contributed by atoms with van der Waals surface area (Å²) in [5.41, 5.74) is 2.05. The van der Waals surface area contributed by atoms with Gasteiger partial charge in [0.2, 0.25) is 10.0 Å².